The summed E-state index contributed by atoms with van der Waals surface area (Å²) in [6.07, 6.45) is 11.7. The normalized spacial score (nSPS) is 17.5. The Labute approximate surface area is 363 Å². The predicted molar refractivity (Wildman–Crippen MR) is 256 cm³/mol. The Morgan fingerprint density at radius 1 is 0.597 bits per heavy atom. The molecule has 5 heteroatoms. The molecule has 0 radical (unpaired) electrons. The first-order valence-corrected chi connectivity index (χ1v) is 21.5. The van der Waals surface area contributed by atoms with Crippen molar-refractivity contribution in [3.63, 3.8) is 0 Å². The molecule has 298 valence electrons. The highest BCUT2D eigenvalue weighted by Gasteiger charge is 2.28. The van der Waals surface area contributed by atoms with Gasteiger partial charge in [-0.15, -0.1) is 0 Å². The summed E-state index contributed by atoms with van der Waals surface area (Å²) in [7, 11) is 0. The van der Waals surface area contributed by atoms with Gasteiger partial charge in [-0.05, 0) is 101 Å². The molecule has 2 heterocycles. The maximum Gasteiger partial charge on any atom is 0.155 e. The van der Waals surface area contributed by atoms with E-state index in [4.69, 9.17) is 15.0 Å². The minimum Gasteiger partial charge on any atom is -0.292 e. The standard InChI is InChI=1S/C57H45N5/c1-39-25-36-52(59-56(44-17-7-3-8-18-44)61-55(39)43-15-5-2-6-16-43)42-28-26-41(27-29-42)51-37-46(49-22-12-11-21-47(49)38-58)32-35-50(51)40-30-33-48(34-31-40)62-54-24-14-13-23-53(54)60-57(62)45-19-9-4-10-20-45/h2-15,17-24,26-35,37,39,43,55H,16,25,36H2,1H3. The molecule has 1 aliphatic heterocycles. The molecule has 0 bridgehead atoms. The van der Waals surface area contributed by atoms with Crippen molar-refractivity contribution in [3.8, 4) is 56.5 Å². The number of rotatable bonds is 8. The van der Waals surface area contributed by atoms with Crippen LogP contribution in [0.25, 0.3) is 61.5 Å². The number of benzene rings is 7. The van der Waals surface area contributed by atoms with E-state index >= 15 is 0 Å². The van der Waals surface area contributed by atoms with Crippen LogP contribution in [0.2, 0.25) is 0 Å². The van der Waals surface area contributed by atoms with Gasteiger partial charge in [-0.25, -0.2) is 9.98 Å². The number of para-hydroxylation sites is 2. The first-order chi connectivity index (χ1) is 30.6. The third kappa shape index (κ3) is 7.64. The number of imidazole rings is 1. The number of hydrogen-bond donors (Lipinski definition) is 0. The summed E-state index contributed by atoms with van der Waals surface area (Å²) < 4.78 is 2.24. The van der Waals surface area contributed by atoms with Crippen LogP contribution in [0, 0.1) is 23.2 Å². The number of nitrogens with zero attached hydrogens (tertiary/aromatic N) is 5. The molecule has 0 saturated heterocycles. The monoisotopic (exact) mass is 799 g/mol. The summed E-state index contributed by atoms with van der Waals surface area (Å²) in [5.74, 6) is 2.47. The zero-order valence-electron chi connectivity index (χ0n) is 34.6. The van der Waals surface area contributed by atoms with Crippen molar-refractivity contribution in [2.45, 2.75) is 32.2 Å². The summed E-state index contributed by atoms with van der Waals surface area (Å²) in [5, 5.41) is 10.1. The molecule has 5 nitrogen and oxygen atoms in total. The molecule has 1 aliphatic carbocycles. The Bertz CT molecular complexity index is 3050. The van der Waals surface area contributed by atoms with Gasteiger partial charge in [0.25, 0.3) is 0 Å². The van der Waals surface area contributed by atoms with Gasteiger partial charge < -0.3 is 0 Å². The van der Waals surface area contributed by atoms with Gasteiger partial charge in [-0.2, -0.15) is 5.26 Å². The number of amidine groups is 1. The van der Waals surface area contributed by atoms with E-state index in [0.717, 1.165) is 103 Å². The van der Waals surface area contributed by atoms with Crippen LogP contribution in [0.5, 0.6) is 0 Å². The van der Waals surface area contributed by atoms with Crippen LogP contribution in [-0.2, 0) is 0 Å². The fourth-order valence-electron chi connectivity index (χ4n) is 9.06. The molecule has 0 saturated carbocycles. The third-order valence-electron chi connectivity index (χ3n) is 12.4. The quantitative estimate of drug-likeness (QED) is 0.154. The van der Waals surface area contributed by atoms with E-state index < -0.39 is 0 Å². The van der Waals surface area contributed by atoms with Crippen molar-refractivity contribution >= 4 is 22.6 Å². The lowest BCUT2D eigenvalue weighted by molar-refractivity contribution is 0.358. The van der Waals surface area contributed by atoms with Crippen molar-refractivity contribution in [2.24, 2.45) is 21.8 Å². The molecule has 0 spiro atoms. The molecule has 62 heavy (non-hydrogen) atoms. The molecular weight excluding hydrogens is 755 g/mol. The van der Waals surface area contributed by atoms with Gasteiger partial charge in [0.15, 0.2) is 5.84 Å². The van der Waals surface area contributed by atoms with E-state index in [0.29, 0.717) is 17.4 Å². The Hall–Kier alpha value is -7.68. The predicted octanol–water partition coefficient (Wildman–Crippen LogP) is 13.7. The molecule has 2 aliphatic rings. The highest BCUT2D eigenvalue weighted by molar-refractivity contribution is 6.12. The number of hydrogen-bond acceptors (Lipinski definition) is 4. The second-order valence-electron chi connectivity index (χ2n) is 16.3. The molecule has 0 N–H and O–H groups in total. The minimum absolute atomic E-state index is 0.162. The zero-order chi connectivity index (χ0) is 41.8. The van der Waals surface area contributed by atoms with Crippen LogP contribution in [-0.4, -0.2) is 27.1 Å². The van der Waals surface area contributed by atoms with Crippen molar-refractivity contribution in [3.05, 3.63) is 217 Å². The van der Waals surface area contributed by atoms with Crippen molar-refractivity contribution in [2.75, 3.05) is 0 Å². The number of aromatic nitrogens is 2. The molecule has 3 atom stereocenters. The summed E-state index contributed by atoms with van der Waals surface area (Å²) in [4.78, 5) is 15.8. The Morgan fingerprint density at radius 2 is 1.26 bits per heavy atom. The van der Waals surface area contributed by atoms with Crippen LogP contribution in [0.3, 0.4) is 0 Å². The lowest BCUT2D eigenvalue weighted by atomic mass is 9.82. The Morgan fingerprint density at radius 3 is 2.02 bits per heavy atom. The molecule has 8 aromatic rings. The van der Waals surface area contributed by atoms with Gasteiger partial charge in [0.1, 0.15) is 5.82 Å². The number of allylic oxidation sites excluding steroid dienone is 3. The summed E-state index contributed by atoms with van der Waals surface area (Å²) in [6.45, 7) is 2.35. The van der Waals surface area contributed by atoms with Gasteiger partial charge >= 0.3 is 0 Å². The van der Waals surface area contributed by atoms with E-state index in [2.05, 4.69) is 175 Å². The molecule has 3 unspecified atom stereocenters. The zero-order valence-corrected chi connectivity index (χ0v) is 34.6. The van der Waals surface area contributed by atoms with Gasteiger partial charge in [0.05, 0.1) is 34.4 Å². The summed E-state index contributed by atoms with van der Waals surface area (Å²) in [5.41, 5.74) is 14.3. The fraction of sp³-hybridized carbons (Fsp3) is 0.123. The molecule has 10 rings (SSSR count). The van der Waals surface area contributed by atoms with Crippen LogP contribution in [0.4, 0.5) is 0 Å². The Kier molecular flexibility index (Phi) is 10.6. The third-order valence-corrected chi connectivity index (χ3v) is 12.4. The summed E-state index contributed by atoms with van der Waals surface area (Å²) >= 11 is 0. The number of nitriles is 1. The van der Waals surface area contributed by atoms with Gasteiger partial charge in [-0.1, -0.05) is 171 Å². The lowest BCUT2D eigenvalue weighted by Gasteiger charge is -2.29. The van der Waals surface area contributed by atoms with Crippen LogP contribution in [0.15, 0.2) is 210 Å². The maximum absolute atomic E-state index is 10.1. The SMILES string of the molecule is CC1CCC(c2ccc(-c3cc(-c4ccccc4C#N)ccc3-c3ccc(-n4c(-c5ccccc5)nc5ccccc54)cc3)cc2)=NC(c2ccccc2)=NC1C1C=CC=CC1. The highest BCUT2D eigenvalue weighted by atomic mass is 15.1. The molecule has 0 amide bonds. The average molecular weight is 800 g/mol. The maximum atomic E-state index is 10.1. The van der Waals surface area contributed by atoms with E-state index in [1.54, 1.807) is 0 Å². The van der Waals surface area contributed by atoms with Crippen LogP contribution < -0.4 is 0 Å². The van der Waals surface area contributed by atoms with Crippen molar-refractivity contribution in [1.82, 2.24) is 9.55 Å². The highest BCUT2D eigenvalue weighted by Crippen LogP contribution is 2.39. The average Bonchev–Trinajstić information content (AvgIpc) is 3.74. The number of fused-ring (bicyclic) bond motifs is 1. The van der Waals surface area contributed by atoms with Crippen LogP contribution >= 0.6 is 0 Å². The van der Waals surface area contributed by atoms with E-state index in [1.807, 2.05) is 42.5 Å². The molecule has 0 fully saturated rings. The molecule has 1 aromatic heterocycles. The topological polar surface area (TPSA) is 66.3 Å². The fourth-order valence-corrected chi connectivity index (χ4v) is 9.06. The largest absolute Gasteiger partial charge is 0.292 e. The second kappa shape index (κ2) is 17.1. The van der Waals surface area contributed by atoms with E-state index in [-0.39, 0.29) is 6.04 Å². The first kappa shape index (κ1) is 38.5. The molecule has 7 aromatic carbocycles. The second-order valence-corrected chi connectivity index (χ2v) is 16.3. The Balaban J connectivity index is 1.05. The summed E-state index contributed by atoms with van der Waals surface area (Å²) in [6, 6.07) is 63.7. The van der Waals surface area contributed by atoms with Crippen molar-refractivity contribution in [1.29, 1.82) is 5.26 Å². The van der Waals surface area contributed by atoms with E-state index in [1.165, 1.54) is 0 Å². The van der Waals surface area contributed by atoms with Gasteiger partial charge in [0.2, 0.25) is 0 Å². The van der Waals surface area contributed by atoms with Gasteiger partial charge in [0, 0.05) is 22.7 Å². The molecular formula is C57H45N5. The first-order valence-electron chi connectivity index (χ1n) is 21.5. The number of aliphatic imine (C=N–C) groups is 2. The van der Waals surface area contributed by atoms with Gasteiger partial charge in [-0.3, -0.25) is 9.56 Å². The van der Waals surface area contributed by atoms with Crippen molar-refractivity contribution < 1.29 is 0 Å². The minimum atomic E-state index is 0.162. The lowest BCUT2D eigenvalue weighted by Crippen LogP contribution is -2.29. The van der Waals surface area contributed by atoms with Crippen LogP contribution in [0.1, 0.15) is 42.9 Å². The smallest absolute Gasteiger partial charge is 0.155 e. The van der Waals surface area contributed by atoms with E-state index in [9.17, 15) is 5.26 Å².